The summed E-state index contributed by atoms with van der Waals surface area (Å²) in [5.41, 5.74) is 5.54. The normalized spacial score (nSPS) is 14.7. The largest absolute Gasteiger partial charge is 0.347 e. The molecule has 15 heavy (non-hydrogen) atoms. The smallest absolute Gasteiger partial charge is 0.222 e. The van der Waals surface area contributed by atoms with Crippen molar-refractivity contribution in [3.05, 3.63) is 16.1 Å². The standard InChI is InChI=1S/C10H17N3OS/c1-6(11)4-9(14)13-8(3)10-12-5-7(2)15-10/h5-6,8H,4,11H2,1-3H3,(H,13,14). The number of hydrogen-bond donors (Lipinski definition) is 2. The lowest BCUT2D eigenvalue weighted by molar-refractivity contribution is -0.122. The summed E-state index contributed by atoms with van der Waals surface area (Å²) < 4.78 is 0. The minimum absolute atomic E-state index is 0.0228. The highest BCUT2D eigenvalue weighted by Gasteiger charge is 2.13. The van der Waals surface area contributed by atoms with Crippen LogP contribution in [0.2, 0.25) is 0 Å². The van der Waals surface area contributed by atoms with Crippen LogP contribution in [-0.2, 0) is 4.79 Å². The average Bonchev–Trinajstić information content (AvgIpc) is 2.49. The van der Waals surface area contributed by atoms with Crippen molar-refractivity contribution >= 4 is 17.2 Å². The number of aryl methyl sites for hydroxylation is 1. The van der Waals surface area contributed by atoms with Crippen LogP contribution in [0.25, 0.3) is 0 Å². The maximum absolute atomic E-state index is 11.4. The summed E-state index contributed by atoms with van der Waals surface area (Å²) in [5, 5.41) is 3.81. The molecule has 0 aliphatic carbocycles. The van der Waals surface area contributed by atoms with E-state index in [1.807, 2.05) is 27.0 Å². The van der Waals surface area contributed by atoms with Gasteiger partial charge in [0.2, 0.25) is 5.91 Å². The zero-order valence-corrected chi connectivity index (χ0v) is 10.1. The molecule has 3 N–H and O–H groups in total. The van der Waals surface area contributed by atoms with Crippen molar-refractivity contribution in [3.63, 3.8) is 0 Å². The predicted octanol–water partition coefficient (Wildman–Crippen LogP) is 1.37. The number of carbonyl (C=O) groups excluding carboxylic acids is 1. The molecule has 0 bridgehead atoms. The second-order valence-electron chi connectivity index (χ2n) is 3.78. The number of nitrogens with one attached hydrogen (secondary N) is 1. The molecule has 1 aromatic heterocycles. The number of hydrogen-bond acceptors (Lipinski definition) is 4. The topological polar surface area (TPSA) is 68.0 Å². The molecule has 0 radical (unpaired) electrons. The first-order valence-corrected chi connectivity index (χ1v) is 5.78. The number of carbonyl (C=O) groups is 1. The molecule has 0 fully saturated rings. The maximum atomic E-state index is 11.4. The molecular weight excluding hydrogens is 210 g/mol. The number of aromatic nitrogens is 1. The molecule has 1 aromatic rings. The summed E-state index contributed by atoms with van der Waals surface area (Å²) in [6.07, 6.45) is 2.17. The van der Waals surface area contributed by atoms with Crippen molar-refractivity contribution in [3.8, 4) is 0 Å². The molecule has 0 aliphatic heterocycles. The van der Waals surface area contributed by atoms with Crippen molar-refractivity contribution in [2.75, 3.05) is 0 Å². The monoisotopic (exact) mass is 227 g/mol. The van der Waals surface area contributed by atoms with E-state index < -0.39 is 0 Å². The van der Waals surface area contributed by atoms with Crippen LogP contribution in [0.15, 0.2) is 6.20 Å². The zero-order valence-electron chi connectivity index (χ0n) is 9.28. The van der Waals surface area contributed by atoms with E-state index in [1.54, 1.807) is 11.3 Å². The molecule has 1 heterocycles. The first-order valence-electron chi connectivity index (χ1n) is 4.96. The molecule has 2 unspecified atom stereocenters. The van der Waals surface area contributed by atoms with Gasteiger partial charge in [0.15, 0.2) is 0 Å². The maximum Gasteiger partial charge on any atom is 0.222 e. The molecule has 0 aliphatic rings. The lowest BCUT2D eigenvalue weighted by Crippen LogP contribution is -2.31. The van der Waals surface area contributed by atoms with E-state index in [1.165, 1.54) is 0 Å². The summed E-state index contributed by atoms with van der Waals surface area (Å²) in [5.74, 6) is -0.0228. The van der Waals surface area contributed by atoms with Gasteiger partial charge in [-0.2, -0.15) is 0 Å². The molecule has 1 rings (SSSR count). The number of rotatable bonds is 4. The Labute approximate surface area is 93.9 Å². The van der Waals surface area contributed by atoms with Gasteiger partial charge in [0.1, 0.15) is 5.01 Å². The van der Waals surface area contributed by atoms with Gasteiger partial charge < -0.3 is 11.1 Å². The van der Waals surface area contributed by atoms with Gasteiger partial charge in [-0.25, -0.2) is 4.98 Å². The van der Waals surface area contributed by atoms with Gasteiger partial charge in [-0.3, -0.25) is 4.79 Å². The molecular formula is C10H17N3OS. The third kappa shape index (κ3) is 3.97. The summed E-state index contributed by atoms with van der Waals surface area (Å²) in [4.78, 5) is 16.8. The quantitative estimate of drug-likeness (QED) is 0.816. The van der Waals surface area contributed by atoms with Crippen molar-refractivity contribution in [2.45, 2.75) is 39.3 Å². The Balaban J connectivity index is 2.48. The van der Waals surface area contributed by atoms with Crippen LogP contribution in [0.3, 0.4) is 0 Å². The van der Waals surface area contributed by atoms with Gasteiger partial charge in [0, 0.05) is 23.5 Å². The molecule has 4 nitrogen and oxygen atoms in total. The number of nitrogens with zero attached hydrogens (tertiary/aromatic N) is 1. The first-order chi connectivity index (χ1) is 6.99. The van der Waals surface area contributed by atoms with Crippen LogP contribution in [0.1, 0.15) is 36.2 Å². The Bertz CT molecular complexity index is 335. The van der Waals surface area contributed by atoms with E-state index >= 15 is 0 Å². The molecule has 0 spiro atoms. The SMILES string of the molecule is Cc1cnc(C(C)NC(=O)CC(C)N)s1. The number of amides is 1. The molecule has 2 atom stereocenters. The Morgan fingerprint density at radius 3 is 2.80 bits per heavy atom. The van der Waals surface area contributed by atoms with E-state index in [4.69, 9.17) is 5.73 Å². The fraction of sp³-hybridized carbons (Fsp3) is 0.600. The van der Waals surface area contributed by atoms with Crippen molar-refractivity contribution < 1.29 is 4.79 Å². The molecule has 0 saturated carbocycles. The third-order valence-corrected chi connectivity index (χ3v) is 2.99. The fourth-order valence-corrected chi connectivity index (χ4v) is 2.00. The van der Waals surface area contributed by atoms with Gasteiger partial charge in [-0.15, -0.1) is 11.3 Å². The van der Waals surface area contributed by atoms with Gasteiger partial charge in [-0.1, -0.05) is 0 Å². The van der Waals surface area contributed by atoms with Crippen LogP contribution in [-0.4, -0.2) is 16.9 Å². The van der Waals surface area contributed by atoms with Crippen LogP contribution in [0.5, 0.6) is 0 Å². The Morgan fingerprint density at radius 2 is 2.33 bits per heavy atom. The van der Waals surface area contributed by atoms with E-state index in [-0.39, 0.29) is 18.0 Å². The van der Waals surface area contributed by atoms with E-state index in [9.17, 15) is 4.79 Å². The van der Waals surface area contributed by atoms with Crippen LogP contribution < -0.4 is 11.1 Å². The number of nitrogens with two attached hydrogens (primary N) is 1. The fourth-order valence-electron chi connectivity index (χ4n) is 1.23. The Morgan fingerprint density at radius 1 is 1.67 bits per heavy atom. The molecule has 0 aromatic carbocycles. The first kappa shape index (κ1) is 12.1. The van der Waals surface area contributed by atoms with Gasteiger partial charge >= 0.3 is 0 Å². The second kappa shape index (κ2) is 5.23. The summed E-state index contributed by atoms with van der Waals surface area (Å²) >= 11 is 1.60. The lowest BCUT2D eigenvalue weighted by Gasteiger charge is -2.12. The minimum Gasteiger partial charge on any atom is -0.347 e. The summed E-state index contributed by atoms with van der Waals surface area (Å²) in [6, 6.07) is -0.134. The van der Waals surface area contributed by atoms with E-state index in [0.717, 1.165) is 9.88 Å². The van der Waals surface area contributed by atoms with Crippen molar-refractivity contribution in [1.82, 2.24) is 10.3 Å². The molecule has 84 valence electrons. The van der Waals surface area contributed by atoms with E-state index in [2.05, 4.69) is 10.3 Å². The van der Waals surface area contributed by atoms with Crippen LogP contribution in [0, 0.1) is 6.92 Å². The lowest BCUT2D eigenvalue weighted by atomic mass is 10.2. The van der Waals surface area contributed by atoms with Crippen LogP contribution >= 0.6 is 11.3 Å². The summed E-state index contributed by atoms with van der Waals surface area (Å²) in [6.45, 7) is 5.74. The zero-order chi connectivity index (χ0) is 11.4. The highest BCUT2D eigenvalue weighted by atomic mass is 32.1. The van der Waals surface area contributed by atoms with Crippen LogP contribution in [0.4, 0.5) is 0 Å². The molecule has 1 amide bonds. The van der Waals surface area contributed by atoms with E-state index in [0.29, 0.717) is 6.42 Å². The number of thiazole rings is 1. The third-order valence-electron chi connectivity index (χ3n) is 1.89. The molecule has 5 heteroatoms. The minimum atomic E-state index is -0.102. The summed E-state index contributed by atoms with van der Waals surface area (Å²) in [7, 11) is 0. The predicted molar refractivity (Wildman–Crippen MR) is 61.7 cm³/mol. The highest BCUT2D eigenvalue weighted by molar-refractivity contribution is 7.11. The van der Waals surface area contributed by atoms with Gasteiger partial charge in [0.25, 0.3) is 0 Å². The van der Waals surface area contributed by atoms with Crippen molar-refractivity contribution in [2.24, 2.45) is 5.73 Å². The Kier molecular flexibility index (Phi) is 4.23. The second-order valence-corrected chi connectivity index (χ2v) is 5.05. The van der Waals surface area contributed by atoms with Gasteiger partial charge in [0.05, 0.1) is 6.04 Å². The van der Waals surface area contributed by atoms with Gasteiger partial charge in [-0.05, 0) is 20.8 Å². The Hall–Kier alpha value is -0.940. The average molecular weight is 227 g/mol. The molecule has 0 saturated heterocycles. The highest BCUT2D eigenvalue weighted by Crippen LogP contribution is 2.18. The van der Waals surface area contributed by atoms with Crippen molar-refractivity contribution in [1.29, 1.82) is 0 Å².